The van der Waals surface area contributed by atoms with Gasteiger partial charge in [0, 0.05) is 24.3 Å². The molecule has 0 saturated carbocycles. The molecule has 0 fully saturated rings. The maximum absolute atomic E-state index is 11.9. The summed E-state index contributed by atoms with van der Waals surface area (Å²) in [5, 5.41) is 13.6. The van der Waals surface area contributed by atoms with Crippen LogP contribution in [-0.4, -0.2) is 17.9 Å². The molecule has 2 rings (SSSR count). The molecule has 0 aromatic heterocycles. The molecule has 0 atom stereocenters. The summed E-state index contributed by atoms with van der Waals surface area (Å²) in [5.74, 6) is 0.351. The zero-order chi connectivity index (χ0) is 16.7. The van der Waals surface area contributed by atoms with Gasteiger partial charge < -0.3 is 10.1 Å². The number of methoxy groups -OCH3 is 1. The topological polar surface area (TPSA) is 81.5 Å². The van der Waals surface area contributed by atoms with E-state index >= 15 is 0 Å². The Morgan fingerprint density at radius 3 is 2.65 bits per heavy atom. The van der Waals surface area contributed by atoms with Crippen LogP contribution in [0, 0.1) is 10.1 Å². The average Bonchev–Trinajstić information content (AvgIpc) is 2.58. The number of carbonyl (C=O) groups excluding carboxylic acids is 1. The van der Waals surface area contributed by atoms with Gasteiger partial charge in [-0.1, -0.05) is 30.3 Å². The summed E-state index contributed by atoms with van der Waals surface area (Å²) in [6.07, 6.45) is 2.70. The van der Waals surface area contributed by atoms with Crippen LogP contribution in [0.1, 0.15) is 11.1 Å². The monoisotopic (exact) mass is 312 g/mol. The first kappa shape index (κ1) is 16.2. The fourth-order valence-electron chi connectivity index (χ4n) is 2.05. The van der Waals surface area contributed by atoms with E-state index in [2.05, 4.69) is 5.32 Å². The van der Waals surface area contributed by atoms with Crippen molar-refractivity contribution < 1.29 is 14.5 Å². The maximum Gasteiger partial charge on any atom is 0.276 e. The third-order valence-electron chi connectivity index (χ3n) is 3.19. The van der Waals surface area contributed by atoms with Crippen molar-refractivity contribution in [2.45, 2.75) is 6.54 Å². The molecule has 0 spiro atoms. The largest absolute Gasteiger partial charge is 0.496 e. The lowest BCUT2D eigenvalue weighted by atomic mass is 10.1. The molecule has 1 amide bonds. The Morgan fingerprint density at radius 2 is 1.91 bits per heavy atom. The molecule has 0 bridgehead atoms. The van der Waals surface area contributed by atoms with Crippen LogP contribution in [0.15, 0.2) is 54.6 Å². The van der Waals surface area contributed by atoms with E-state index in [1.807, 2.05) is 24.3 Å². The van der Waals surface area contributed by atoms with Crippen LogP contribution in [0.4, 0.5) is 5.69 Å². The Kier molecular flexibility index (Phi) is 5.46. The van der Waals surface area contributed by atoms with E-state index in [0.717, 1.165) is 5.56 Å². The molecule has 118 valence electrons. The Bertz CT molecular complexity index is 741. The minimum atomic E-state index is -0.480. The number of para-hydroxylation sites is 2. The summed E-state index contributed by atoms with van der Waals surface area (Å²) < 4.78 is 5.20. The number of benzene rings is 2. The van der Waals surface area contributed by atoms with Crippen LogP contribution >= 0.6 is 0 Å². The highest BCUT2D eigenvalue weighted by Crippen LogP contribution is 2.19. The number of nitrogens with one attached hydrogen (secondary N) is 1. The Hall–Kier alpha value is -3.15. The first-order chi connectivity index (χ1) is 11.1. The number of nitro groups is 1. The number of nitrogens with zero attached hydrogens (tertiary/aromatic N) is 1. The van der Waals surface area contributed by atoms with E-state index in [1.165, 1.54) is 18.2 Å². The minimum absolute atomic E-state index is 0.0405. The number of nitro benzene ring substituents is 1. The first-order valence-corrected chi connectivity index (χ1v) is 6.93. The van der Waals surface area contributed by atoms with Crippen molar-refractivity contribution in [3.05, 3.63) is 75.8 Å². The second-order valence-electron chi connectivity index (χ2n) is 4.68. The molecule has 0 radical (unpaired) electrons. The normalized spacial score (nSPS) is 10.5. The first-order valence-electron chi connectivity index (χ1n) is 6.93. The summed E-state index contributed by atoms with van der Waals surface area (Å²) >= 11 is 0. The standard InChI is InChI=1S/C17H16N2O4/c1-23-16-9-5-3-7-14(16)12-18-17(20)11-10-13-6-2-4-8-15(13)19(21)22/h2-11H,12H2,1H3,(H,18,20). The molecule has 23 heavy (non-hydrogen) atoms. The highest BCUT2D eigenvalue weighted by molar-refractivity contribution is 5.92. The van der Waals surface area contributed by atoms with Gasteiger partial charge in [-0.2, -0.15) is 0 Å². The summed E-state index contributed by atoms with van der Waals surface area (Å²) in [6.45, 7) is 0.310. The lowest BCUT2D eigenvalue weighted by Crippen LogP contribution is -2.20. The summed E-state index contributed by atoms with van der Waals surface area (Å²) in [7, 11) is 1.56. The number of ether oxygens (including phenoxy) is 1. The molecule has 0 aliphatic rings. The van der Waals surface area contributed by atoms with Crippen molar-refractivity contribution in [1.29, 1.82) is 0 Å². The minimum Gasteiger partial charge on any atom is -0.496 e. The number of amides is 1. The molecule has 2 aromatic rings. The lowest BCUT2D eigenvalue weighted by molar-refractivity contribution is -0.385. The van der Waals surface area contributed by atoms with E-state index in [0.29, 0.717) is 17.9 Å². The fraction of sp³-hybridized carbons (Fsp3) is 0.118. The second kappa shape index (κ2) is 7.74. The predicted molar refractivity (Wildman–Crippen MR) is 87.0 cm³/mol. The van der Waals surface area contributed by atoms with Gasteiger partial charge in [-0.3, -0.25) is 14.9 Å². The van der Waals surface area contributed by atoms with Gasteiger partial charge in [0.05, 0.1) is 17.6 Å². The van der Waals surface area contributed by atoms with E-state index in [-0.39, 0.29) is 11.6 Å². The van der Waals surface area contributed by atoms with Crippen molar-refractivity contribution >= 4 is 17.7 Å². The molecule has 0 heterocycles. The van der Waals surface area contributed by atoms with Crippen LogP contribution in [0.25, 0.3) is 6.08 Å². The van der Waals surface area contributed by atoms with Gasteiger partial charge in [-0.05, 0) is 18.2 Å². The molecule has 0 unspecified atom stereocenters. The van der Waals surface area contributed by atoms with Gasteiger partial charge in [0.2, 0.25) is 5.91 Å². The van der Waals surface area contributed by atoms with Crippen LogP contribution in [0.5, 0.6) is 5.75 Å². The second-order valence-corrected chi connectivity index (χ2v) is 4.68. The van der Waals surface area contributed by atoms with Crippen LogP contribution in [-0.2, 0) is 11.3 Å². The quantitative estimate of drug-likeness (QED) is 0.505. The Labute approximate surface area is 133 Å². The SMILES string of the molecule is COc1ccccc1CNC(=O)C=Cc1ccccc1[N+](=O)[O-]. The van der Waals surface area contributed by atoms with Crippen molar-refractivity contribution in [1.82, 2.24) is 5.32 Å². The number of rotatable bonds is 6. The summed E-state index contributed by atoms with van der Waals surface area (Å²) in [5.41, 5.74) is 1.19. The van der Waals surface area contributed by atoms with Gasteiger partial charge in [-0.15, -0.1) is 0 Å². The third kappa shape index (κ3) is 4.41. The average molecular weight is 312 g/mol. The molecule has 0 saturated heterocycles. The highest BCUT2D eigenvalue weighted by atomic mass is 16.6. The summed E-state index contributed by atoms with van der Waals surface area (Å²) in [6, 6.07) is 13.6. The molecule has 2 aromatic carbocycles. The molecule has 0 aliphatic heterocycles. The van der Waals surface area contributed by atoms with Crippen molar-refractivity contribution in [2.75, 3.05) is 7.11 Å². The molecule has 1 N–H and O–H groups in total. The van der Waals surface area contributed by atoms with Crippen molar-refractivity contribution in [3.8, 4) is 5.75 Å². The third-order valence-corrected chi connectivity index (χ3v) is 3.19. The number of carbonyl (C=O) groups is 1. The zero-order valence-corrected chi connectivity index (χ0v) is 12.6. The summed E-state index contributed by atoms with van der Waals surface area (Å²) in [4.78, 5) is 22.3. The fourth-order valence-corrected chi connectivity index (χ4v) is 2.05. The lowest BCUT2D eigenvalue weighted by Gasteiger charge is -2.08. The maximum atomic E-state index is 11.9. The van der Waals surface area contributed by atoms with Crippen molar-refractivity contribution in [3.63, 3.8) is 0 Å². The van der Waals surface area contributed by atoms with Gasteiger partial charge >= 0.3 is 0 Å². The van der Waals surface area contributed by atoms with Crippen LogP contribution in [0.3, 0.4) is 0 Å². The van der Waals surface area contributed by atoms with E-state index in [4.69, 9.17) is 4.74 Å². The van der Waals surface area contributed by atoms with Gasteiger partial charge in [0.15, 0.2) is 0 Å². The van der Waals surface area contributed by atoms with Crippen molar-refractivity contribution in [2.24, 2.45) is 0 Å². The molecule has 6 heteroatoms. The Morgan fingerprint density at radius 1 is 1.22 bits per heavy atom. The predicted octanol–water partition coefficient (Wildman–Crippen LogP) is 2.93. The molecular formula is C17H16N2O4. The molecular weight excluding hydrogens is 296 g/mol. The van der Waals surface area contributed by atoms with E-state index in [1.54, 1.807) is 25.3 Å². The number of hydrogen-bond acceptors (Lipinski definition) is 4. The van der Waals surface area contributed by atoms with Gasteiger partial charge in [-0.25, -0.2) is 0 Å². The smallest absolute Gasteiger partial charge is 0.276 e. The van der Waals surface area contributed by atoms with Crippen LogP contribution < -0.4 is 10.1 Å². The number of hydrogen-bond donors (Lipinski definition) is 1. The highest BCUT2D eigenvalue weighted by Gasteiger charge is 2.09. The van der Waals surface area contributed by atoms with Gasteiger partial charge in [0.1, 0.15) is 5.75 Å². The Balaban J connectivity index is 2.01. The van der Waals surface area contributed by atoms with Crippen LogP contribution in [0.2, 0.25) is 0 Å². The van der Waals surface area contributed by atoms with Gasteiger partial charge in [0.25, 0.3) is 5.69 Å². The van der Waals surface area contributed by atoms with E-state index in [9.17, 15) is 14.9 Å². The molecule has 0 aliphatic carbocycles. The zero-order valence-electron chi connectivity index (χ0n) is 12.6. The van der Waals surface area contributed by atoms with E-state index < -0.39 is 4.92 Å². The molecule has 6 nitrogen and oxygen atoms in total.